The van der Waals surface area contributed by atoms with Gasteiger partial charge in [0, 0.05) is 44.4 Å². The molecule has 0 aliphatic carbocycles. The maximum absolute atomic E-state index is 13.2. The number of aryl methyl sites for hydroxylation is 1. The summed E-state index contributed by atoms with van der Waals surface area (Å²) in [6.45, 7) is 2.02. The van der Waals surface area contributed by atoms with E-state index >= 15 is 0 Å². The normalized spacial score (nSPS) is 22.4. The summed E-state index contributed by atoms with van der Waals surface area (Å²) in [6, 6.07) is 13.7. The average Bonchev–Trinajstić information content (AvgIpc) is 3.38. The Hall–Kier alpha value is -2.64. The van der Waals surface area contributed by atoms with Crippen LogP contribution in [0.25, 0.3) is 11.1 Å². The van der Waals surface area contributed by atoms with Gasteiger partial charge < -0.3 is 4.74 Å². The van der Waals surface area contributed by atoms with Crippen LogP contribution in [0.5, 0.6) is 5.75 Å². The van der Waals surface area contributed by atoms with Gasteiger partial charge in [0.2, 0.25) is 0 Å². The molecule has 1 aromatic heterocycles. The monoisotopic (exact) mass is 409 g/mol. The topological polar surface area (TPSA) is 64.4 Å². The lowest BCUT2D eigenvalue weighted by Crippen LogP contribution is -2.25. The summed E-state index contributed by atoms with van der Waals surface area (Å²) in [5.41, 5.74) is 4.09. The Morgan fingerprint density at radius 1 is 1.14 bits per heavy atom. The number of hydrogen-bond acceptors (Lipinski definition) is 5. The van der Waals surface area contributed by atoms with E-state index in [1.54, 1.807) is 17.9 Å². The number of nitrogens with zero attached hydrogens (tertiary/aromatic N) is 3. The van der Waals surface area contributed by atoms with E-state index in [0.717, 1.165) is 41.1 Å². The van der Waals surface area contributed by atoms with Crippen LogP contribution in [0.15, 0.2) is 59.8 Å². The summed E-state index contributed by atoms with van der Waals surface area (Å²) >= 11 is 0. The molecule has 0 radical (unpaired) electrons. The molecule has 150 valence electrons. The molecule has 2 aromatic carbocycles. The highest BCUT2D eigenvalue weighted by Gasteiger charge is 2.50. The second-order valence-corrected chi connectivity index (χ2v) is 10.0. The number of aromatic nitrogens is 2. The summed E-state index contributed by atoms with van der Waals surface area (Å²) in [6.07, 6.45) is 3.76. The second-order valence-electron chi connectivity index (χ2n) is 7.89. The lowest BCUT2D eigenvalue weighted by molar-refractivity contribution is 0.324. The van der Waals surface area contributed by atoms with Crippen LogP contribution >= 0.6 is 0 Å². The Balaban J connectivity index is 1.45. The predicted octanol–water partition coefficient (Wildman–Crippen LogP) is 2.85. The molecule has 0 amide bonds. The number of ether oxygens (including phenoxy) is 1. The molecule has 2 aliphatic rings. The van der Waals surface area contributed by atoms with E-state index in [0.29, 0.717) is 11.4 Å². The van der Waals surface area contributed by atoms with Crippen molar-refractivity contribution in [2.75, 3.05) is 20.2 Å². The van der Waals surface area contributed by atoms with E-state index in [2.05, 4.69) is 16.1 Å². The van der Waals surface area contributed by atoms with Gasteiger partial charge in [0.25, 0.3) is 0 Å². The number of methoxy groups -OCH3 is 1. The van der Waals surface area contributed by atoms with Gasteiger partial charge in [-0.15, -0.1) is 0 Å². The molecule has 1 fully saturated rings. The number of likely N-dealkylation sites (tertiary alicyclic amines) is 1. The van der Waals surface area contributed by atoms with E-state index < -0.39 is 9.84 Å². The zero-order chi connectivity index (χ0) is 20.2. The Morgan fingerprint density at radius 3 is 2.76 bits per heavy atom. The van der Waals surface area contributed by atoms with Crippen molar-refractivity contribution < 1.29 is 13.2 Å². The summed E-state index contributed by atoms with van der Waals surface area (Å²) in [7, 11) is 0.233. The standard InChI is InChI=1S/C22H23N3O3S/c1-24-12-17(10-23-24)16-6-7-21-19(9-16)20-13-25(14-22(20)29(21,26)27)11-15-4-3-5-18(8-15)28-2/h3-10,12,20,22H,11,13-14H2,1-2H3/t20-,22+/m0/s1. The van der Waals surface area contributed by atoms with Gasteiger partial charge in [0.05, 0.1) is 23.5 Å². The highest BCUT2D eigenvalue weighted by atomic mass is 32.2. The van der Waals surface area contributed by atoms with Crippen molar-refractivity contribution in [3.8, 4) is 16.9 Å². The molecule has 2 atom stereocenters. The minimum Gasteiger partial charge on any atom is -0.497 e. The van der Waals surface area contributed by atoms with Crippen molar-refractivity contribution in [2.24, 2.45) is 7.05 Å². The van der Waals surface area contributed by atoms with Crippen molar-refractivity contribution >= 4 is 9.84 Å². The molecule has 0 unspecified atom stereocenters. The molecule has 0 N–H and O–H groups in total. The first-order valence-corrected chi connectivity index (χ1v) is 11.2. The van der Waals surface area contributed by atoms with Crippen LogP contribution in [-0.4, -0.2) is 48.5 Å². The van der Waals surface area contributed by atoms with Gasteiger partial charge in [-0.2, -0.15) is 5.10 Å². The first-order chi connectivity index (χ1) is 14.0. The minimum atomic E-state index is -3.30. The molecule has 0 saturated carbocycles. The minimum absolute atomic E-state index is 0.0113. The third kappa shape index (κ3) is 3.05. The number of benzene rings is 2. The van der Waals surface area contributed by atoms with Crippen LogP contribution in [0, 0.1) is 0 Å². The Morgan fingerprint density at radius 2 is 2.00 bits per heavy atom. The molecule has 29 heavy (non-hydrogen) atoms. The van der Waals surface area contributed by atoms with E-state index in [1.807, 2.05) is 49.8 Å². The van der Waals surface area contributed by atoms with E-state index in [9.17, 15) is 8.42 Å². The van der Waals surface area contributed by atoms with Crippen LogP contribution in [0.3, 0.4) is 0 Å². The van der Waals surface area contributed by atoms with Crippen LogP contribution in [-0.2, 0) is 23.4 Å². The van der Waals surface area contributed by atoms with Gasteiger partial charge in [-0.1, -0.05) is 18.2 Å². The molecule has 6 nitrogen and oxygen atoms in total. The fourth-order valence-corrected chi connectivity index (χ4v) is 6.83. The summed E-state index contributed by atoms with van der Waals surface area (Å²) < 4.78 is 33.4. The lowest BCUT2D eigenvalue weighted by Gasteiger charge is -2.18. The maximum Gasteiger partial charge on any atom is 0.183 e. The lowest BCUT2D eigenvalue weighted by atomic mass is 9.95. The Labute approximate surface area is 170 Å². The van der Waals surface area contributed by atoms with Crippen molar-refractivity contribution in [3.05, 3.63) is 66.0 Å². The first kappa shape index (κ1) is 18.4. The third-order valence-corrected chi connectivity index (χ3v) is 8.29. The molecule has 0 bridgehead atoms. The highest BCUT2D eigenvalue weighted by Crippen LogP contribution is 2.46. The van der Waals surface area contributed by atoms with Crippen LogP contribution in [0.4, 0.5) is 0 Å². The number of fused-ring (bicyclic) bond motifs is 3. The fraction of sp³-hybridized carbons (Fsp3) is 0.318. The largest absolute Gasteiger partial charge is 0.497 e. The third-order valence-electron chi connectivity index (χ3n) is 6.03. The van der Waals surface area contributed by atoms with E-state index in [-0.39, 0.29) is 11.2 Å². The smallest absolute Gasteiger partial charge is 0.183 e. The van der Waals surface area contributed by atoms with E-state index in [1.165, 1.54) is 0 Å². The molecule has 1 saturated heterocycles. The average molecular weight is 410 g/mol. The molecular weight excluding hydrogens is 386 g/mol. The molecule has 2 aliphatic heterocycles. The van der Waals surface area contributed by atoms with Crippen LogP contribution in [0.2, 0.25) is 0 Å². The molecular formula is C22H23N3O3S. The summed E-state index contributed by atoms with van der Waals surface area (Å²) in [4.78, 5) is 2.74. The summed E-state index contributed by atoms with van der Waals surface area (Å²) in [5, 5.41) is 3.87. The van der Waals surface area contributed by atoms with E-state index in [4.69, 9.17) is 4.74 Å². The van der Waals surface area contributed by atoms with Crippen LogP contribution < -0.4 is 4.74 Å². The fourth-order valence-electron chi connectivity index (χ4n) is 4.63. The first-order valence-electron chi connectivity index (χ1n) is 9.68. The SMILES string of the molecule is COc1cccc(CN2C[C@@H]3[C@@H](C2)c2cc(-c4cnn(C)c4)ccc2S3(=O)=O)c1. The van der Waals surface area contributed by atoms with Crippen molar-refractivity contribution in [3.63, 3.8) is 0 Å². The van der Waals surface area contributed by atoms with Crippen molar-refractivity contribution in [1.82, 2.24) is 14.7 Å². The Kier molecular flexibility index (Phi) is 4.26. The molecule has 7 heteroatoms. The van der Waals surface area contributed by atoms with Crippen molar-refractivity contribution in [2.45, 2.75) is 22.6 Å². The van der Waals surface area contributed by atoms with Crippen molar-refractivity contribution in [1.29, 1.82) is 0 Å². The summed E-state index contributed by atoms with van der Waals surface area (Å²) in [5.74, 6) is 0.832. The molecule has 3 heterocycles. The Bertz CT molecular complexity index is 1190. The van der Waals surface area contributed by atoms with Gasteiger partial charge >= 0.3 is 0 Å². The highest BCUT2D eigenvalue weighted by molar-refractivity contribution is 7.92. The zero-order valence-electron chi connectivity index (χ0n) is 16.4. The van der Waals surface area contributed by atoms with Gasteiger partial charge in [-0.25, -0.2) is 8.42 Å². The number of rotatable bonds is 4. The van der Waals surface area contributed by atoms with Gasteiger partial charge in [-0.3, -0.25) is 9.58 Å². The second kappa shape index (κ2) is 6.71. The van der Waals surface area contributed by atoms with Gasteiger partial charge in [0.15, 0.2) is 9.84 Å². The predicted molar refractivity (Wildman–Crippen MR) is 111 cm³/mol. The maximum atomic E-state index is 13.2. The quantitative estimate of drug-likeness (QED) is 0.663. The van der Waals surface area contributed by atoms with Gasteiger partial charge in [0.1, 0.15) is 5.75 Å². The zero-order valence-corrected chi connectivity index (χ0v) is 17.3. The van der Waals surface area contributed by atoms with Gasteiger partial charge in [-0.05, 0) is 41.0 Å². The molecule has 0 spiro atoms. The molecule has 5 rings (SSSR count). The number of hydrogen-bond donors (Lipinski definition) is 0. The molecule has 3 aromatic rings. The van der Waals surface area contributed by atoms with Crippen LogP contribution in [0.1, 0.15) is 17.0 Å². The number of sulfone groups is 1.